The fourth-order valence-electron chi connectivity index (χ4n) is 3.77. The molecule has 3 heterocycles. The zero-order valence-corrected chi connectivity index (χ0v) is 18.8. The molecule has 5 rings (SSSR count). The van der Waals surface area contributed by atoms with Crippen LogP contribution in [-0.2, 0) is 25.4 Å². The number of nitrogens with zero attached hydrogens (tertiary/aromatic N) is 4. The van der Waals surface area contributed by atoms with Crippen LogP contribution in [0.5, 0.6) is 0 Å². The molecular weight excluding hydrogens is 511 g/mol. The Kier molecular flexibility index (Phi) is 5.81. The van der Waals surface area contributed by atoms with E-state index in [4.69, 9.17) is 0 Å². The fraction of sp³-hybridized carbons (Fsp3) is 0.174. The van der Waals surface area contributed by atoms with Crippen LogP contribution in [-0.4, -0.2) is 26.4 Å². The number of H-pyrrole nitrogens is 1. The van der Waals surface area contributed by atoms with Crippen molar-refractivity contribution in [2.24, 2.45) is 4.99 Å². The summed E-state index contributed by atoms with van der Waals surface area (Å²) in [6, 6.07) is 9.41. The molecule has 0 bridgehead atoms. The van der Waals surface area contributed by atoms with Crippen molar-refractivity contribution in [3.8, 4) is 21.8 Å². The normalized spacial score (nSPS) is 13.8. The number of aromatic nitrogens is 3. The molecule has 0 atom stereocenters. The first-order valence-corrected chi connectivity index (χ1v) is 11.2. The van der Waals surface area contributed by atoms with Crippen molar-refractivity contribution in [3.63, 3.8) is 0 Å². The topological polar surface area (TPSA) is 57.2 Å². The maximum Gasteiger partial charge on any atom is 0.417 e. The molecular formula is C23H14F7N5S. The van der Waals surface area contributed by atoms with Crippen molar-refractivity contribution < 1.29 is 30.7 Å². The first kappa shape index (κ1) is 24.0. The number of rotatable bonds is 4. The van der Waals surface area contributed by atoms with Gasteiger partial charge in [-0.3, -0.25) is 0 Å². The first-order chi connectivity index (χ1) is 17.0. The van der Waals surface area contributed by atoms with Crippen molar-refractivity contribution >= 4 is 23.4 Å². The van der Waals surface area contributed by atoms with Crippen molar-refractivity contribution in [2.45, 2.75) is 25.4 Å². The Morgan fingerprint density at radius 3 is 2.42 bits per heavy atom. The molecule has 1 N–H and O–H groups in total. The summed E-state index contributed by atoms with van der Waals surface area (Å²) in [6.07, 6.45) is -8.40. The van der Waals surface area contributed by atoms with E-state index in [0.29, 0.717) is 40.3 Å². The van der Waals surface area contributed by atoms with Crippen molar-refractivity contribution in [1.29, 1.82) is 0 Å². The second-order valence-electron chi connectivity index (χ2n) is 7.93. The minimum atomic E-state index is -5.01. The first-order valence-electron chi connectivity index (χ1n) is 10.4. The van der Waals surface area contributed by atoms with E-state index < -0.39 is 29.0 Å². The minimum Gasteiger partial charge on any atom is -0.355 e. The monoisotopic (exact) mass is 525 g/mol. The lowest BCUT2D eigenvalue weighted by Crippen LogP contribution is -2.23. The van der Waals surface area contributed by atoms with E-state index in [0.717, 1.165) is 17.4 Å². The van der Waals surface area contributed by atoms with Crippen LogP contribution < -0.4 is 0 Å². The lowest BCUT2D eigenvalue weighted by atomic mass is 10.0. The molecule has 0 amide bonds. The van der Waals surface area contributed by atoms with Gasteiger partial charge in [0.25, 0.3) is 0 Å². The summed E-state index contributed by atoms with van der Waals surface area (Å²) in [5, 5.41) is 7.89. The van der Waals surface area contributed by atoms with E-state index in [2.05, 4.69) is 20.2 Å². The van der Waals surface area contributed by atoms with Crippen molar-refractivity contribution in [1.82, 2.24) is 20.1 Å². The summed E-state index contributed by atoms with van der Waals surface area (Å²) in [5.41, 5.74) is -1.03. The van der Waals surface area contributed by atoms with Crippen molar-refractivity contribution in [2.75, 3.05) is 0 Å². The number of fused-ring (bicyclic) bond motifs is 1. The van der Waals surface area contributed by atoms with Gasteiger partial charge in [0.1, 0.15) is 15.8 Å². The number of benzene rings is 2. The molecule has 5 nitrogen and oxygen atoms in total. The third kappa shape index (κ3) is 4.70. The summed E-state index contributed by atoms with van der Waals surface area (Å²) in [7, 11) is 0. The summed E-state index contributed by atoms with van der Waals surface area (Å²) >= 11 is 0.842. The third-order valence-corrected chi connectivity index (χ3v) is 6.39. The Balaban J connectivity index is 1.36. The minimum absolute atomic E-state index is 0.0770. The molecule has 2 aromatic heterocycles. The van der Waals surface area contributed by atoms with Crippen LogP contribution in [0.15, 0.2) is 53.5 Å². The van der Waals surface area contributed by atoms with Crippen LogP contribution in [0.2, 0.25) is 0 Å². The molecule has 36 heavy (non-hydrogen) atoms. The Bertz CT molecular complexity index is 1450. The van der Waals surface area contributed by atoms with E-state index >= 15 is 0 Å². The van der Waals surface area contributed by atoms with E-state index in [1.807, 2.05) is 0 Å². The van der Waals surface area contributed by atoms with Gasteiger partial charge in [-0.25, -0.2) is 9.38 Å². The average molecular weight is 525 g/mol. The van der Waals surface area contributed by atoms with Gasteiger partial charge in [-0.05, 0) is 30.3 Å². The predicted octanol–water partition coefficient (Wildman–Crippen LogP) is 7.05. The highest BCUT2D eigenvalue weighted by atomic mass is 32.1. The summed E-state index contributed by atoms with van der Waals surface area (Å²) in [4.78, 5) is 9.20. The average Bonchev–Trinajstić information content (AvgIpc) is 3.44. The van der Waals surface area contributed by atoms with E-state index in [1.165, 1.54) is 12.4 Å². The number of hydrogen-bond donors (Lipinski definition) is 1. The van der Waals surface area contributed by atoms with Gasteiger partial charge in [-0.15, -0.1) is 10.2 Å². The smallest absolute Gasteiger partial charge is 0.355 e. The molecule has 0 spiro atoms. The molecule has 0 saturated carbocycles. The Hall–Kier alpha value is -3.74. The number of hydrogen-bond acceptors (Lipinski definition) is 5. The largest absolute Gasteiger partial charge is 0.417 e. The maximum absolute atomic E-state index is 14.1. The SMILES string of the molecule is Fc1ccccc1-c1cc2c([nH]1)CN(Cc1nnc(-c3ccc(C(F)(F)F)cc3C(F)(F)F)s1)C=N2. The van der Waals surface area contributed by atoms with Gasteiger partial charge >= 0.3 is 12.4 Å². The Morgan fingerprint density at radius 1 is 0.917 bits per heavy atom. The van der Waals surface area contributed by atoms with E-state index in [-0.39, 0.29) is 23.4 Å². The quantitative estimate of drug-likeness (QED) is 0.291. The highest BCUT2D eigenvalue weighted by molar-refractivity contribution is 7.14. The highest BCUT2D eigenvalue weighted by Gasteiger charge is 2.39. The predicted molar refractivity (Wildman–Crippen MR) is 119 cm³/mol. The number of aromatic amines is 1. The van der Waals surface area contributed by atoms with Crippen LogP contribution in [0, 0.1) is 5.82 Å². The lowest BCUT2D eigenvalue weighted by Gasteiger charge is -2.20. The third-order valence-electron chi connectivity index (χ3n) is 5.45. The van der Waals surface area contributed by atoms with Crippen LogP contribution in [0.25, 0.3) is 21.8 Å². The molecule has 0 fully saturated rings. The van der Waals surface area contributed by atoms with Gasteiger partial charge in [0.2, 0.25) is 0 Å². The zero-order chi connectivity index (χ0) is 25.7. The van der Waals surface area contributed by atoms with Gasteiger partial charge in [-0.2, -0.15) is 26.3 Å². The van der Waals surface area contributed by atoms with Gasteiger partial charge in [0.05, 0.1) is 47.6 Å². The number of aliphatic imine (C=N–C) groups is 1. The van der Waals surface area contributed by atoms with Gasteiger partial charge < -0.3 is 9.88 Å². The zero-order valence-electron chi connectivity index (χ0n) is 18.0. The van der Waals surface area contributed by atoms with Crippen LogP contribution in [0.4, 0.5) is 36.4 Å². The lowest BCUT2D eigenvalue weighted by molar-refractivity contribution is -0.142. The summed E-state index contributed by atoms with van der Waals surface area (Å²) in [6.45, 7) is 0.493. The standard InChI is InChI=1S/C23H14F7N5S/c24-16-4-2-1-3-14(16)17-8-18-19(32-17)9-35(11-31-18)10-20-33-34-21(36-20)13-6-5-12(22(25,26)27)7-15(13)23(28,29)30/h1-8,11,32H,9-10H2. The molecule has 1 aliphatic rings. The molecule has 4 aromatic rings. The molecule has 0 saturated heterocycles. The molecule has 186 valence electrons. The van der Waals surface area contributed by atoms with Crippen LogP contribution in [0.1, 0.15) is 21.8 Å². The molecule has 1 aliphatic heterocycles. The molecule has 2 aromatic carbocycles. The van der Waals surface area contributed by atoms with Gasteiger partial charge in [0, 0.05) is 11.1 Å². The molecule has 13 heteroatoms. The van der Waals surface area contributed by atoms with E-state index in [9.17, 15) is 30.7 Å². The van der Waals surface area contributed by atoms with Crippen molar-refractivity contribution in [3.05, 3.63) is 76.2 Å². The van der Waals surface area contributed by atoms with Crippen LogP contribution >= 0.6 is 11.3 Å². The number of nitrogens with one attached hydrogen (secondary N) is 1. The second-order valence-corrected chi connectivity index (χ2v) is 9.00. The fourth-order valence-corrected chi connectivity index (χ4v) is 4.68. The Morgan fingerprint density at radius 2 is 1.69 bits per heavy atom. The second kappa shape index (κ2) is 8.73. The van der Waals surface area contributed by atoms with Gasteiger partial charge in [0.15, 0.2) is 0 Å². The molecule has 0 radical (unpaired) electrons. The summed E-state index contributed by atoms with van der Waals surface area (Å²) in [5.74, 6) is -0.389. The van der Waals surface area contributed by atoms with Gasteiger partial charge in [-0.1, -0.05) is 29.5 Å². The van der Waals surface area contributed by atoms with E-state index in [1.54, 1.807) is 29.2 Å². The highest BCUT2D eigenvalue weighted by Crippen LogP contribution is 2.41. The van der Waals surface area contributed by atoms with Crippen LogP contribution in [0.3, 0.4) is 0 Å². The summed E-state index contributed by atoms with van der Waals surface area (Å²) < 4.78 is 93.5. The molecule has 0 aliphatic carbocycles. The molecule has 0 unspecified atom stereocenters. The number of halogens is 7. The maximum atomic E-state index is 14.1. The Labute approximate surface area is 202 Å². The number of alkyl halides is 6.